The first kappa shape index (κ1) is 21.5. The molecule has 5 heteroatoms. The fraction of sp³-hybridized carbons (Fsp3) is 0.611. The molecule has 0 saturated heterocycles. The lowest BCUT2D eigenvalue weighted by Crippen LogP contribution is -2.29. The number of aliphatic hydroxyl groups is 1. The molecule has 0 spiro atoms. The third-order valence-electron chi connectivity index (χ3n) is 3.43. The maximum atomic E-state index is 11.6. The Morgan fingerprint density at radius 3 is 2.48 bits per heavy atom. The molecule has 23 heavy (non-hydrogen) atoms. The average Bonchev–Trinajstić information content (AvgIpc) is 2.47. The summed E-state index contributed by atoms with van der Waals surface area (Å²) in [6, 6.07) is 0.961. The highest BCUT2D eigenvalue weighted by Crippen LogP contribution is 2.12. The lowest BCUT2D eigenvalue weighted by molar-refractivity contribution is 0.152. The minimum absolute atomic E-state index is 0.223. The monoisotopic (exact) mass is 337 g/mol. The van der Waals surface area contributed by atoms with Crippen molar-refractivity contribution in [2.45, 2.75) is 52.6 Å². The van der Waals surface area contributed by atoms with Gasteiger partial charge in [-0.1, -0.05) is 37.4 Å². The normalized spacial score (nSPS) is 15.6. The highest BCUT2D eigenvalue weighted by atomic mass is 28.3. The maximum Gasteiger partial charge on any atom is 0.407 e. The van der Waals surface area contributed by atoms with Crippen LogP contribution in [0.25, 0.3) is 0 Å². The van der Waals surface area contributed by atoms with Gasteiger partial charge in [-0.05, 0) is 32.4 Å². The van der Waals surface area contributed by atoms with Gasteiger partial charge in [0, 0.05) is 20.5 Å². The fourth-order valence-corrected chi connectivity index (χ4v) is 2.34. The Hall–Kier alpha value is -1.51. The molecule has 0 saturated carbocycles. The van der Waals surface area contributed by atoms with Gasteiger partial charge in [-0.25, -0.2) is 4.79 Å². The zero-order valence-electron chi connectivity index (χ0n) is 15.3. The van der Waals surface area contributed by atoms with Crippen LogP contribution in [0.3, 0.4) is 0 Å². The summed E-state index contributed by atoms with van der Waals surface area (Å²) in [5.41, 5.74) is 1.76. The molecule has 0 rings (SSSR count). The number of alkyl carbamates (subject to hydrolysis) is 1. The Balaban J connectivity index is 4.26. The average molecular weight is 338 g/mol. The second-order valence-corrected chi connectivity index (χ2v) is 12.7. The van der Waals surface area contributed by atoms with E-state index in [1.54, 1.807) is 6.92 Å². The molecular weight excluding hydrogens is 306 g/mol. The zero-order chi connectivity index (χ0) is 18.0. The molecule has 0 radical (unpaired) electrons. The number of nitrogens with one attached hydrogen (secondary N) is 1. The summed E-state index contributed by atoms with van der Waals surface area (Å²) in [4.78, 5) is 11.6. The van der Waals surface area contributed by atoms with E-state index in [1.165, 1.54) is 0 Å². The SMILES string of the molecule is C#C[C@H](C)[C@H](O)/C(C)=C/C=C(\C)CNC(=O)OCC[Si](C)(C)C. The van der Waals surface area contributed by atoms with E-state index >= 15 is 0 Å². The van der Waals surface area contributed by atoms with Gasteiger partial charge in [0.1, 0.15) is 0 Å². The number of hydrogen-bond donors (Lipinski definition) is 2. The number of amides is 1. The number of aliphatic hydroxyl groups excluding tert-OH is 1. The van der Waals surface area contributed by atoms with Gasteiger partial charge >= 0.3 is 6.09 Å². The molecular formula is C18H31NO3Si. The van der Waals surface area contributed by atoms with E-state index in [0.717, 1.165) is 17.2 Å². The summed E-state index contributed by atoms with van der Waals surface area (Å²) < 4.78 is 5.16. The van der Waals surface area contributed by atoms with Crippen LogP contribution in [-0.4, -0.2) is 38.5 Å². The Bertz CT molecular complexity index is 483. The number of carbonyl (C=O) groups is 1. The summed E-state index contributed by atoms with van der Waals surface area (Å²) in [6.45, 7) is 13.2. The molecule has 2 N–H and O–H groups in total. The molecule has 0 aliphatic rings. The first-order chi connectivity index (χ1) is 10.6. The van der Waals surface area contributed by atoms with Gasteiger partial charge in [0.15, 0.2) is 0 Å². The summed E-state index contributed by atoms with van der Waals surface area (Å²) >= 11 is 0. The van der Waals surface area contributed by atoms with E-state index < -0.39 is 20.3 Å². The molecule has 0 heterocycles. The van der Waals surface area contributed by atoms with Gasteiger partial charge in [0.2, 0.25) is 0 Å². The van der Waals surface area contributed by atoms with Gasteiger partial charge in [-0.3, -0.25) is 0 Å². The molecule has 130 valence electrons. The van der Waals surface area contributed by atoms with E-state index in [-0.39, 0.29) is 5.92 Å². The second-order valence-electron chi connectivity index (χ2n) is 7.12. The number of ether oxygens (including phenoxy) is 1. The number of terminal acetylenes is 1. The molecule has 0 aromatic carbocycles. The summed E-state index contributed by atoms with van der Waals surface area (Å²) in [5.74, 6) is 2.30. The molecule has 0 aliphatic heterocycles. The van der Waals surface area contributed by atoms with Gasteiger partial charge in [-0.2, -0.15) is 0 Å². The zero-order valence-corrected chi connectivity index (χ0v) is 16.3. The Morgan fingerprint density at radius 2 is 1.96 bits per heavy atom. The molecule has 0 bridgehead atoms. The smallest absolute Gasteiger partial charge is 0.407 e. The van der Waals surface area contributed by atoms with Crippen molar-refractivity contribution in [2.24, 2.45) is 5.92 Å². The van der Waals surface area contributed by atoms with Crippen molar-refractivity contribution in [3.05, 3.63) is 23.3 Å². The molecule has 2 atom stereocenters. The van der Waals surface area contributed by atoms with Crippen LogP contribution in [0.5, 0.6) is 0 Å². The molecule has 0 aromatic rings. The highest BCUT2D eigenvalue weighted by Gasteiger charge is 2.14. The minimum atomic E-state index is -1.18. The van der Waals surface area contributed by atoms with E-state index in [4.69, 9.17) is 11.2 Å². The van der Waals surface area contributed by atoms with Crippen LogP contribution in [0.4, 0.5) is 4.79 Å². The first-order valence-corrected chi connectivity index (χ1v) is 11.7. The summed E-state index contributed by atoms with van der Waals surface area (Å²) in [7, 11) is -1.18. The first-order valence-electron chi connectivity index (χ1n) is 7.95. The number of hydrogen-bond acceptors (Lipinski definition) is 3. The Morgan fingerprint density at radius 1 is 1.35 bits per heavy atom. The van der Waals surface area contributed by atoms with Gasteiger partial charge in [0.25, 0.3) is 0 Å². The quantitative estimate of drug-likeness (QED) is 0.404. The standard InChI is InChI=1S/C18H31NO3Si/c1-8-15(3)17(20)16(4)10-9-14(2)13-19-18(21)22-11-12-23(5,6)7/h1,9-10,15,17,20H,11-13H2,2-7H3,(H,19,21)/b14-9+,16-10+/t15-,17-/m0/s1. The van der Waals surface area contributed by atoms with E-state index in [1.807, 2.05) is 26.0 Å². The van der Waals surface area contributed by atoms with Crippen molar-refractivity contribution < 1.29 is 14.6 Å². The maximum absolute atomic E-state index is 11.6. The van der Waals surface area contributed by atoms with Gasteiger partial charge in [-0.15, -0.1) is 12.3 Å². The molecule has 1 amide bonds. The van der Waals surface area contributed by atoms with E-state index in [9.17, 15) is 9.90 Å². The van der Waals surface area contributed by atoms with Crippen molar-refractivity contribution >= 4 is 14.2 Å². The Labute approximate surface area is 142 Å². The molecule has 0 aliphatic carbocycles. The van der Waals surface area contributed by atoms with Crippen LogP contribution in [0.1, 0.15) is 20.8 Å². The molecule has 0 unspecified atom stereocenters. The van der Waals surface area contributed by atoms with Crippen molar-refractivity contribution in [1.82, 2.24) is 5.32 Å². The highest BCUT2D eigenvalue weighted by molar-refractivity contribution is 6.76. The van der Waals surface area contributed by atoms with Crippen LogP contribution in [0.2, 0.25) is 25.7 Å². The third kappa shape index (κ3) is 10.8. The fourth-order valence-electron chi connectivity index (χ4n) is 1.63. The topological polar surface area (TPSA) is 58.6 Å². The largest absolute Gasteiger partial charge is 0.450 e. The predicted octanol–water partition coefficient (Wildman–Crippen LogP) is 3.57. The van der Waals surface area contributed by atoms with E-state index in [0.29, 0.717) is 13.2 Å². The van der Waals surface area contributed by atoms with Crippen LogP contribution in [-0.2, 0) is 4.74 Å². The number of rotatable bonds is 8. The molecule has 0 fully saturated rings. The molecule has 4 nitrogen and oxygen atoms in total. The minimum Gasteiger partial charge on any atom is -0.450 e. The second kappa shape index (κ2) is 10.3. The third-order valence-corrected chi connectivity index (χ3v) is 5.13. The Kier molecular flexibility index (Phi) is 9.62. The van der Waals surface area contributed by atoms with Gasteiger partial charge in [0.05, 0.1) is 12.7 Å². The van der Waals surface area contributed by atoms with Crippen molar-refractivity contribution in [1.29, 1.82) is 0 Å². The van der Waals surface area contributed by atoms with Crippen molar-refractivity contribution in [3.63, 3.8) is 0 Å². The van der Waals surface area contributed by atoms with Gasteiger partial charge < -0.3 is 15.2 Å². The lowest BCUT2D eigenvalue weighted by atomic mass is 9.99. The van der Waals surface area contributed by atoms with Crippen LogP contribution in [0, 0.1) is 18.3 Å². The predicted molar refractivity (Wildman–Crippen MR) is 99.0 cm³/mol. The van der Waals surface area contributed by atoms with Crippen molar-refractivity contribution in [2.75, 3.05) is 13.2 Å². The van der Waals surface area contributed by atoms with Crippen molar-refractivity contribution in [3.8, 4) is 12.3 Å². The number of carbonyl (C=O) groups excluding carboxylic acids is 1. The van der Waals surface area contributed by atoms with Crippen LogP contribution >= 0.6 is 0 Å². The lowest BCUT2D eigenvalue weighted by Gasteiger charge is -2.15. The molecule has 0 aromatic heterocycles. The van der Waals surface area contributed by atoms with Crippen LogP contribution in [0.15, 0.2) is 23.3 Å². The van der Waals surface area contributed by atoms with Crippen LogP contribution < -0.4 is 5.32 Å². The summed E-state index contributed by atoms with van der Waals surface area (Å²) in [5, 5.41) is 12.7. The summed E-state index contributed by atoms with van der Waals surface area (Å²) in [6.07, 6.45) is 7.95. The number of allylic oxidation sites excluding steroid dienone is 2. The van der Waals surface area contributed by atoms with E-state index in [2.05, 4.69) is 30.9 Å².